The first-order valence-corrected chi connectivity index (χ1v) is 11.3. The van der Waals surface area contributed by atoms with Crippen LogP contribution >= 0.6 is 11.8 Å². The van der Waals surface area contributed by atoms with Crippen LogP contribution in [0.4, 0.5) is 5.69 Å². The quantitative estimate of drug-likeness (QED) is 0.389. The van der Waals surface area contributed by atoms with Gasteiger partial charge < -0.3 is 9.73 Å². The van der Waals surface area contributed by atoms with E-state index in [1.807, 2.05) is 54.6 Å². The van der Waals surface area contributed by atoms with Crippen molar-refractivity contribution in [1.29, 1.82) is 0 Å². The van der Waals surface area contributed by atoms with Crippen molar-refractivity contribution in [3.05, 3.63) is 84.6 Å². The van der Waals surface area contributed by atoms with Crippen molar-refractivity contribution in [1.82, 2.24) is 14.8 Å². The maximum atomic E-state index is 12.5. The summed E-state index contributed by atoms with van der Waals surface area (Å²) in [6, 6.07) is 21.9. The fourth-order valence-electron chi connectivity index (χ4n) is 3.46. The van der Waals surface area contributed by atoms with Crippen LogP contribution in [-0.4, -0.2) is 26.4 Å². The molecule has 0 atom stereocenters. The number of hydrogen-bond donors (Lipinski definition) is 1. The first-order chi connectivity index (χ1) is 15.3. The lowest BCUT2D eigenvalue weighted by Crippen LogP contribution is -2.15. The number of furan rings is 1. The molecule has 2 aromatic carbocycles. The first-order valence-electron chi connectivity index (χ1n) is 10.3. The normalized spacial score (nSPS) is 13.3. The van der Waals surface area contributed by atoms with Crippen LogP contribution in [0, 0.1) is 0 Å². The lowest BCUT2D eigenvalue weighted by atomic mass is 10.1. The molecule has 0 spiro atoms. The van der Waals surface area contributed by atoms with Gasteiger partial charge in [-0.05, 0) is 48.2 Å². The van der Waals surface area contributed by atoms with Gasteiger partial charge in [-0.25, -0.2) is 0 Å². The fraction of sp³-hybridized carbons (Fsp3) is 0.208. The molecule has 1 amide bonds. The van der Waals surface area contributed by atoms with Gasteiger partial charge in [0.25, 0.3) is 0 Å². The molecule has 0 bridgehead atoms. The second-order valence-corrected chi connectivity index (χ2v) is 8.50. The molecule has 1 aliphatic rings. The van der Waals surface area contributed by atoms with Crippen LogP contribution in [0.3, 0.4) is 0 Å². The summed E-state index contributed by atoms with van der Waals surface area (Å²) in [5.41, 5.74) is 3.05. The zero-order valence-electron chi connectivity index (χ0n) is 16.9. The van der Waals surface area contributed by atoms with Crippen LogP contribution in [0.5, 0.6) is 0 Å². The summed E-state index contributed by atoms with van der Waals surface area (Å²) in [5.74, 6) is 2.50. The van der Waals surface area contributed by atoms with Crippen molar-refractivity contribution in [3.63, 3.8) is 0 Å². The number of anilines is 1. The van der Waals surface area contributed by atoms with Crippen LogP contribution < -0.4 is 5.32 Å². The van der Waals surface area contributed by atoms with Gasteiger partial charge in [-0.2, -0.15) is 0 Å². The third-order valence-electron chi connectivity index (χ3n) is 5.19. The summed E-state index contributed by atoms with van der Waals surface area (Å²) >= 11 is 1.40. The highest BCUT2D eigenvalue weighted by Gasteiger charge is 2.30. The Morgan fingerprint density at radius 2 is 1.77 bits per heavy atom. The van der Waals surface area contributed by atoms with E-state index in [1.54, 1.807) is 6.26 Å². The van der Waals surface area contributed by atoms with E-state index >= 15 is 0 Å². The zero-order valence-corrected chi connectivity index (χ0v) is 17.7. The summed E-state index contributed by atoms with van der Waals surface area (Å²) in [6.07, 6.45) is 3.95. The number of aromatic nitrogens is 3. The van der Waals surface area contributed by atoms with Crippen molar-refractivity contribution in [3.8, 4) is 11.1 Å². The Kier molecular flexibility index (Phi) is 5.58. The molecule has 31 heavy (non-hydrogen) atoms. The number of thioether (sulfide) groups is 1. The average molecular weight is 431 g/mol. The van der Waals surface area contributed by atoms with E-state index in [-0.39, 0.29) is 11.7 Å². The predicted molar refractivity (Wildman–Crippen MR) is 121 cm³/mol. The fourth-order valence-corrected chi connectivity index (χ4v) is 4.21. The number of hydrogen-bond acceptors (Lipinski definition) is 5. The molecule has 1 saturated carbocycles. The number of carbonyl (C=O) groups excluding carboxylic acids is 1. The summed E-state index contributed by atoms with van der Waals surface area (Å²) in [7, 11) is 0. The van der Waals surface area contributed by atoms with Crippen molar-refractivity contribution in [2.45, 2.75) is 30.5 Å². The Morgan fingerprint density at radius 3 is 2.48 bits per heavy atom. The van der Waals surface area contributed by atoms with Gasteiger partial charge in [0, 0.05) is 11.6 Å². The maximum Gasteiger partial charge on any atom is 0.234 e. The topological polar surface area (TPSA) is 73.0 Å². The molecule has 5 rings (SSSR count). The summed E-state index contributed by atoms with van der Waals surface area (Å²) < 4.78 is 7.57. The molecule has 0 radical (unpaired) electrons. The lowest BCUT2D eigenvalue weighted by molar-refractivity contribution is -0.113. The Hall–Kier alpha value is -3.32. The van der Waals surface area contributed by atoms with Crippen LogP contribution in [-0.2, 0) is 11.3 Å². The molecule has 0 unspecified atom stereocenters. The van der Waals surface area contributed by atoms with Crippen molar-refractivity contribution in [2.24, 2.45) is 0 Å². The molecule has 156 valence electrons. The number of nitrogens with zero attached hydrogens (tertiary/aromatic N) is 3. The minimum atomic E-state index is -0.0713. The summed E-state index contributed by atoms with van der Waals surface area (Å²) in [5, 5.41) is 12.4. The van der Waals surface area contributed by atoms with Gasteiger partial charge in [0.1, 0.15) is 11.6 Å². The van der Waals surface area contributed by atoms with Gasteiger partial charge in [0.15, 0.2) is 5.16 Å². The smallest absolute Gasteiger partial charge is 0.234 e. The Labute approximate surface area is 184 Å². The van der Waals surface area contributed by atoms with Crippen molar-refractivity contribution < 1.29 is 9.21 Å². The van der Waals surface area contributed by atoms with Gasteiger partial charge in [0.05, 0.1) is 18.6 Å². The molecular formula is C24H22N4O2S. The van der Waals surface area contributed by atoms with Gasteiger partial charge >= 0.3 is 0 Å². The first kappa shape index (κ1) is 19.6. The van der Waals surface area contributed by atoms with E-state index < -0.39 is 0 Å². The third kappa shape index (κ3) is 4.72. The number of nitrogens with one attached hydrogen (secondary N) is 1. The molecule has 0 saturated heterocycles. The van der Waals surface area contributed by atoms with Crippen molar-refractivity contribution >= 4 is 23.4 Å². The zero-order chi connectivity index (χ0) is 21.0. The number of amides is 1. The second-order valence-electron chi connectivity index (χ2n) is 7.56. The van der Waals surface area contributed by atoms with Crippen molar-refractivity contribution in [2.75, 3.05) is 11.1 Å². The van der Waals surface area contributed by atoms with E-state index in [4.69, 9.17) is 4.42 Å². The molecule has 1 aliphatic carbocycles. The molecule has 4 aromatic rings. The van der Waals surface area contributed by atoms with Gasteiger partial charge in [-0.3, -0.25) is 9.36 Å². The SMILES string of the molecule is O=C(CSc1nnc(C2CC2)n1Cc1ccco1)Nc1ccc(-c2ccccc2)cc1. The maximum absolute atomic E-state index is 12.5. The Bertz CT molecular complexity index is 1150. The Balaban J connectivity index is 1.22. The highest BCUT2D eigenvalue weighted by Crippen LogP contribution is 2.40. The largest absolute Gasteiger partial charge is 0.467 e. The average Bonchev–Trinajstić information content (AvgIpc) is 3.36. The van der Waals surface area contributed by atoms with Gasteiger partial charge in [0.2, 0.25) is 5.91 Å². The van der Waals surface area contributed by atoms with E-state index in [0.29, 0.717) is 12.5 Å². The molecule has 1 fully saturated rings. The minimum absolute atomic E-state index is 0.0713. The van der Waals surface area contributed by atoms with Crippen LogP contribution in [0.15, 0.2) is 82.6 Å². The predicted octanol–water partition coefficient (Wildman–Crippen LogP) is 5.19. The molecule has 2 heterocycles. The molecule has 0 aliphatic heterocycles. The van der Waals surface area contributed by atoms with E-state index in [9.17, 15) is 4.79 Å². The molecule has 7 heteroatoms. The van der Waals surface area contributed by atoms with E-state index in [1.165, 1.54) is 11.8 Å². The minimum Gasteiger partial charge on any atom is -0.467 e. The van der Waals surface area contributed by atoms with Crippen LogP contribution in [0.1, 0.15) is 30.3 Å². The van der Waals surface area contributed by atoms with Crippen LogP contribution in [0.25, 0.3) is 11.1 Å². The summed E-state index contributed by atoms with van der Waals surface area (Å²) in [6.45, 7) is 0.580. The van der Waals surface area contributed by atoms with Crippen LogP contribution in [0.2, 0.25) is 0 Å². The second kappa shape index (κ2) is 8.81. The van der Waals surface area contributed by atoms with Gasteiger partial charge in [-0.15, -0.1) is 10.2 Å². The number of rotatable bonds is 8. The van der Waals surface area contributed by atoms with Gasteiger partial charge in [-0.1, -0.05) is 54.2 Å². The van der Waals surface area contributed by atoms with E-state index in [0.717, 1.165) is 46.4 Å². The molecule has 2 aromatic heterocycles. The lowest BCUT2D eigenvalue weighted by Gasteiger charge is -2.09. The highest BCUT2D eigenvalue weighted by molar-refractivity contribution is 7.99. The molecular weight excluding hydrogens is 408 g/mol. The molecule has 1 N–H and O–H groups in total. The highest BCUT2D eigenvalue weighted by atomic mass is 32.2. The summed E-state index contributed by atoms with van der Waals surface area (Å²) in [4.78, 5) is 12.5. The number of benzene rings is 2. The molecule has 6 nitrogen and oxygen atoms in total. The Morgan fingerprint density at radius 1 is 1.00 bits per heavy atom. The van der Waals surface area contributed by atoms with E-state index in [2.05, 4.69) is 32.2 Å². The monoisotopic (exact) mass is 430 g/mol. The third-order valence-corrected chi connectivity index (χ3v) is 6.16. The number of carbonyl (C=O) groups is 1. The standard InChI is InChI=1S/C24H22N4O2S/c29-22(25-20-12-10-18(11-13-20)17-5-2-1-3-6-17)16-31-24-27-26-23(19-8-9-19)28(24)15-21-7-4-14-30-21/h1-7,10-14,19H,8-9,15-16H2,(H,25,29).